The average Bonchev–Trinajstić information content (AvgIpc) is 3.10. The van der Waals surface area contributed by atoms with Gasteiger partial charge in [-0.15, -0.1) is 5.10 Å². The maximum absolute atomic E-state index is 11.6. The molecule has 2 N–H and O–H groups in total. The first-order valence-electron chi connectivity index (χ1n) is 7.71. The van der Waals surface area contributed by atoms with Crippen LogP contribution in [0.2, 0.25) is 0 Å². The van der Waals surface area contributed by atoms with Crippen LogP contribution in [0.4, 0.5) is 11.4 Å². The minimum Gasteiger partial charge on any atom is -0.378 e. The van der Waals surface area contributed by atoms with Crippen LogP contribution in [0.15, 0.2) is 54.6 Å². The first-order valence-corrected chi connectivity index (χ1v) is 7.71. The van der Waals surface area contributed by atoms with Gasteiger partial charge in [0, 0.05) is 18.5 Å². The number of aromatic nitrogens is 4. The Hall–Kier alpha value is -3.26. The van der Waals surface area contributed by atoms with Gasteiger partial charge in [-0.05, 0) is 40.8 Å². The van der Waals surface area contributed by atoms with E-state index in [4.69, 9.17) is 4.74 Å². The van der Waals surface area contributed by atoms with E-state index < -0.39 is 0 Å². The molecule has 2 aromatic carbocycles. The van der Waals surface area contributed by atoms with Crippen molar-refractivity contribution in [3.05, 3.63) is 60.4 Å². The van der Waals surface area contributed by atoms with E-state index in [0.717, 1.165) is 11.4 Å². The van der Waals surface area contributed by atoms with Gasteiger partial charge in [0.25, 0.3) is 0 Å². The van der Waals surface area contributed by atoms with Crippen molar-refractivity contribution in [2.45, 2.75) is 6.54 Å². The second-order valence-electron chi connectivity index (χ2n) is 5.26. The maximum atomic E-state index is 11.6. The van der Waals surface area contributed by atoms with Crippen molar-refractivity contribution in [2.75, 3.05) is 24.4 Å². The summed E-state index contributed by atoms with van der Waals surface area (Å²) in [5, 5.41) is 17.8. The molecule has 1 amide bonds. The summed E-state index contributed by atoms with van der Waals surface area (Å²) in [6.07, 6.45) is 0. The number of carbonyl (C=O) groups is 1. The second-order valence-corrected chi connectivity index (χ2v) is 5.26. The lowest BCUT2D eigenvalue weighted by atomic mass is 10.2. The molecule has 0 spiro atoms. The molecule has 0 aliphatic carbocycles. The standard InChI is InChI=1S/C17H18N6O2/c1-25-12-17(24)19-14-7-5-6-13(10-14)18-11-16-20-21-22-23(16)15-8-3-2-4-9-15/h2-10,18H,11-12H2,1H3,(H,19,24). The van der Waals surface area contributed by atoms with E-state index in [1.54, 1.807) is 4.68 Å². The molecular formula is C17H18N6O2. The largest absolute Gasteiger partial charge is 0.378 e. The molecule has 3 aromatic rings. The smallest absolute Gasteiger partial charge is 0.250 e. The molecular weight excluding hydrogens is 320 g/mol. The minimum atomic E-state index is -0.201. The molecule has 0 aliphatic heterocycles. The van der Waals surface area contributed by atoms with Crippen molar-refractivity contribution in [1.82, 2.24) is 20.2 Å². The number of carbonyl (C=O) groups excluding carboxylic acids is 1. The number of anilines is 2. The fraction of sp³-hybridized carbons (Fsp3) is 0.176. The van der Waals surface area contributed by atoms with Crippen LogP contribution < -0.4 is 10.6 Å². The third kappa shape index (κ3) is 4.39. The van der Waals surface area contributed by atoms with E-state index in [-0.39, 0.29) is 12.5 Å². The van der Waals surface area contributed by atoms with Gasteiger partial charge in [-0.25, -0.2) is 0 Å². The normalized spacial score (nSPS) is 10.4. The predicted octanol–water partition coefficient (Wildman–Crippen LogP) is 1.86. The Bertz CT molecular complexity index is 834. The minimum absolute atomic E-state index is 0.0174. The van der Waals surface area contributed by atoms with Gasteiger partial charge >= 0.3 is 0 Å². The van der Waals surface area contributed by atoms with Gasteiger partial charge in [0.15, 0.2) is 5.82 Å². The van der Waals surface area contributed by atoms with Crippen molar-refractivity contribution in [3.63, 3.8) is 0 Å². The number of nitrogens with one attached hydrogen (secondary N) is 2. The zero-order valence-electron chi connectivity index (χ0n) is 13.7. The molecule has 0 aliphatic rings. The van der Waals surface area contributed by atoms with E-state index in [1.165, 1.54) is 7.11 Å². The van der Waals surface area contributed by atoms with E-state index in [0.29, 0.717) is 18.1 Å². The van der Waals surface area contributed by atoms with E-state index >= 15 is 0 Å². The summed E-state index contributed by atoms with van der Waals surface area (Å²) >= 11 is 0. The highest BCUT2D eigenvalue weighted by Crippen LogP contribution is 2.16. The van der Waals surface area contributed by atoms with Crippen LogP contribution in [-0.4, -0.2) is 39.8 Å². The van der Waals surface area contributed by atoms with Crippen molar-refractivity contribution in [2.24, 2.45) is 0 Å². The lowest BCUT2D eigenvalue weighted by Gasteiger charge is -2.09. The molecule has 8 heteroatoms. The quantitative estimate of drug-likeness (QED) is 0.683. The number of rotatable bonds is 7. The molecule has 128 valence electrons. The second kappa shape index (κ2) is 8.02. The monoisotopic (exact) mass is 338 g/mol. The number of nitrogens with zero attached hydrogens (tertiary/aromatic N) is 4. The Labute approximate surface area is 144 Å². The van der Waals surface area contributed by atoms with Gasteiger partial charge in [-0.3, -0.25) is 4.79 Å². The number of hydrogen-bond donors (Lipinski definition) is 2. The van der Waals surface area contributed by atoms with Gasteiger partial charge in [0.05, 0.1) is 12.2 Å². The molecule has 1 heterocycles. The van der Waals surface area contributed by atoms with Crippen molar-refractivity contribution < 1.29 is 9.53 Å². The summed E-state index contributed by atoms with van der Waals surface area (Å²) in [5.41, 5.74) is 2.43. The summed E-state index contributed by atoms with van der Waals surface area (Å²) in [6, 6.07) is 17.1. The van der Waals surface area contributed by atoms with Gasteiger partial charge in [-0.2, -0.15) is 4.68 Å². The first kappa shape index (κ1) is 16.6. The topological polar surface area (TPSA) is 94.0 Å². The van der Waals surface area contributed by atoms with Crippen LogP contribution in [0.25, 0.3) is 5.69 Å². The average molecular weight is 338 g/mol. The Morgan fingerprint density at radius 2 is 1.92 bits per heavy atom. The zero-order valence-corrected chi connectivity index (χ0v) is 13.7. The molecule has 0 saturated heterocycles. The first-order chi connectivity index (χ1) is 12.3. The number of ether oxygens (including phenoxy) is 1. The third-order valence-corrected chi connectivity index (χ3v) is 3.41. The molecule has 0 bridgehead atoms. The van der Waals surface area contributed by atoms with Gasteiger partial charge in [0.1, 0.15) is 6.61 Å². The lowest BCUT2D eigenvalue weighted by Crippen LogP contribution is -2.17. The van der Waals surface area contributed by atoms with Gasteiger partial charge in [0.2, 0.25) is 5.91 Å². The molecule has 0 atom stereocenters. The number of hydrogen-bond acceptors (Lipinski definition) is 6. The highest BCUT2D eigenvalue weighted by atomic mass is 16.5. The number of benzene rings is 2. The van der Waals surface area contributed by atoms with Crippen LogP contribution in [0.1, 0.15) is 5.82 Å². The predicted molar refractivity (Wildman–Crippen MR) is 93.4 cm³/mol. The summed E-state index contributed by atoms with van der Waals surface area (Å²) in [5.74, 6) is 0.479. The van der Waals surface area contributed by atoms with Crippen molar-refractivity contribution >= 4 is 17.3 Å². The number of amides is 1. The Morgan fingerprint density at radius 3 is 2.72 bits per heavy atom. The lowest BCUT2D eigenvalue weighted by molar-refractivity contribution is -0.119. The number of tetrazole rings is 1. The Balaban J connectivity index is 1.67. The molecule has 0 radical (unpaired) electrons. The highest BCUT2D eigenvalue weighted by Gasteiger charge is 2.08. The van der Waals surface area contributed by atoms with E-state index in [1.807, 2.05) is 54.6 Å². The molecule has 25 heavy (non-hydrogen) atoms. The molecule has 0 saturated carbocycles. The Kier molecular flexibility index (Phi) is 5.32. The summed E-state index contributed by atoms with van der Waals surface area (Å²) < 4.78 is 6.48. The molecule has 1 aromatic heterocycles. The van der Waals surface area contributed by atoms with Crippen LogP contribution >= 0.6 is 0 Å². The van der Waals surface area contributed by atoms with Gasteiger partial charge < -0.3 is 15.4 Å². The van der Waals surface area contributed by atoms with Crippen molar-refractivity contribution in [1.29, 1.82) is 0 Å². The third-order valence-electron chi connectivity index (χ3n) is 3.41. The zero-order chi connectivity index (χ0) is 17.5. The van der Waals surface area contributed by atoms with E-state index in [2.05, 4.69) is 26.2 Å². The summed E-state index contributed by atoms with van der Waals surface area (Å²) in [6.45, 7) is 0.459. The highest BCUT2D eigenvalue weighted by molar-refractivity contribution is 5.92. The fourth-order valence-corrected chi connectivity index (χ4v) is 2.30. The van der Waals surface area contributed by atoms with Crippen LogP contribution in [0.3, 0.4) is 0 Å². The van der Waals surface area contributed by atoms with Gasteiger partial charge in [-0.1, -0.05) is 24.3 Å². The summed E-state index contributed by atoms with van der Waals surface area (Å²) in [7, 11) is 1.48. The number of para-hydroxylation sites is 1. The fourth-order valence-electron chi connectivity index (χ4n) is 2.30. The van der Waals surface area contributed by atoms with Crippen molar-refractivity contribution in [3.8, 4) is 5.69 Å². The molecule has 8 nitrogen and oxygen atoms in total. The maximum Gasteiger partial charge on any atom is 0.250 e. The molecule has 0 unspecified atom stereocenters. The molecule has 3 rings (SSSR count). The SMILES string of the molecule is COCC(=O)Nc1cccc(NCc2nnnn2-c2ccccc2)c1. The van der Waals surface area contributed by atoms with Crippen LogP contribution in [-0.2, 0) is 16.1 Å². The van der Waals surface area contributed by atoms with Crippen LogP contribution in [0.5, 0.6) is 0 Å². The number of methoxy groups -OCH3 is 1. The van der Waals surface area contributed by atoms with Crippen LogP contribution in [0, 0.1) is 0 Å². The molecule has 0 fully saturated rings. The summed E-state index contributed by atoms with van der Waals surface area (Å²) in [4.78, 5) is 11.6. The van der Waals surface area contributed by atoms with E-state index in [9.17, 15) is 4.79 Å². The Morgan fingerprint density at radius 1 is 1.12 bits per heavy atom.